The predicted molar refractivity (Wildman–Crippen MR) is 116 cm³/mol. The largest absolute Gasteiger partial charge is 0.484 e. The molecule has 0 aliphatic carbocycles. The summed E-state index contributed by atoms with van der Waals surface area (Å²) in [5, 5.41) is 2.12. The summed E-state index contributed by atoms with van der Waals surface area (Å²) in [5.41, 5.74) is 5.73. The van der Waals surface area contributed by atoms with E-state index in [2.05, 4.69) is 24.7 Å². The first-order valence-corrected chi connectivity index (χ1v) is 9.98. The predicted octanol–water partition coefficient (Wildman–Crippen LogP) is 3.96. The molecule has 0 aromatic heterocycles. The van der Waals surface area contributed by atoms with E-state index in [0.717, 1.165) is 22.8 Å². The topological polar surface area (TPSA) is 76.7 Å². The number of carbonyl (C=O) groups excluding carboxylic acids is 2. The Morgan fingerprint density at radius 2 is 1.47 bits per heavy atom. The van der Waals surface area contributed by atoms with Crippen molar-refractivity contribution in [1.29, 1.82) is 0 Å². The Hall–Kier alpha value is -3.54. The Morgan fingerprint density at radius 1 is 0.833 bits per heavy atom. The number of fused-ring (bicyclic) bond motifs is 1. The first kappa shape index (κ1) is 21.2. The van der Waals surface area contributed by atoms with Crippen molar-refractivity contribution in [2.24, 2.45) is 0 Å². The Balaban J connectivity index is 1.43. The van der Waals surface area contributed by atoms with Crippen LogP contribution >= 0.6 is 0 Å². The van der Waals surface area contributed by atoms with Crippen LogP contribution in [-0.2, 0) is 9.59 Å². The molecule has 0 saturated heterocycles. The average molecular weight is 406 g/mol. The third-order valence-electron chi connectivity index (χ3n) is 4.85. The molecule has 156 valence electrons. The molecule has 0 aliphatic heterocycles. The van der Waals surface area contributed by atoms with Crippen LogP contribution in [0.25, 0.3) is 10.8 Å². The summed E-state index contributed by atoms with van der Waals surface area (Å²) in [6, 6.07) is 21.1. The van der Waals surface area contributed by atoms with Crippen LogP contribution in [0.4, 0.5) is 0 Å². The van der Waals surface area contributed by atoms with Crippen LogP contribution in [0, 0.1) is 0 Å². The standard InChI is InChI=1S/C24H26N2O4/c1-3-17(2)21-10-6-7-11-22(21)30-16-24(28)26-25-23(27)15-29-20-13-12-18-8-4-5-9-19(18)14-20/h4-14,17H,3,15-16H2,1-2H3,(H,25,27)(H,26,28). The van der Waals surface area contributed by atoms with Crippen molar-refractivity contribution in [2.45, 2.75) is 26.2 Å². The molecule has 1 atom stereocenters. The molecule has 0 radical (unpaired) electrons. The molecule has 0 fully saturated rings. The minimum atomic E-state index is -0.462. The summed E-state index contributed by atoms with van der Waals surface area (Å²) < 4.78 is 11.1. The lowest BCUT2D eigenvalue weighted by Crippen LogP contribution is -2.45. The maximum absolute atomic E-state index is 12.0. The smallest absolute Gasteiger partial charge is 0.276 e. The van der Waals surface area contributed by atoms with Crippen LogP contribution in [0.3, 0.4) is 0 Å². The number of rotatable bonds is 8. The van der Waals surface area contributed by atoms with Crippen molar-refractivity contribution in [2.75, 3.05) is 13.2 Å². The lowest BCUT2D eigenvalue weighted by Gasteiger charge is -2.15. The fourth-order valence-electron chi connectivity index (χ4n) is 3.00. The van der Waals surface area contributed by atoms with Gasteiger partial charge in [0.15, 0.2) is 13.2 Å². The van der Waals surface area contributed by atoms with Gasteiger partial charge in [0, 0.05) is 0 Å². The zero-order chi connectivity index (χ0) is 21.3. The molecule has 0 aliphatic rings. The van der Waals surface area contributed by atoms with Crippen LogP contribution in [0.1, 0.15) is 31.7 Å². The molecule has 0 saturated carbocycles. The highest BCUT2D eigenvalue weighted by Gasteiger charge is 2.12. The minimum absolute atomic E-state index is 0.195. The number of amides is 2. The highest BCUT2D eigenvalue weighted by molar-refractivity contribution is 5.85. The summed E-state index contributed by atoms with van der Waals surface area (Å²) in [6.45, 7) is 3.80. The van der Waals surface area contributed by atoms with Crippen molar-refractivity contribution in [3.63, 3.8) is 0 Å². The number of para-hydroxylation sites is 1. The van der Waals surface area contributed by atoms with Crippen LogP contribution in [0.15, 0.2) is 66.7 Å². The molecule has 2 N–H and O–H groups in total. The van der Waals surface area contributed by atoms with Crippen LogP contribution in [-0.4, -0.2) is 25.0 Å². The third-order valence-corrected chi connectivity index (χ3v) is 4.85. The number of ether oxygens (including phenoxy) is 2. The molecule has 3 aromatic carbocycles. The molecule has 30 heavy (non-hydrogen) atoms. The van der Waals surface area contributed by atoms with Gasteiger partial charge in [0.1, 0.15) is 11.5 Å². The Kier molecular flexibility index (Phi) is 7.27. The third kappa shape index (κ3) is 5.73. The molecule has 3 aromatic rings. The number of hydrogen-bond donors (Lipinski definition) is 2. The van der Waals surface area contributed by atoms with Gasteiger partial charge in [0.2, 0.25) is 0 Å². The van der Waals surface area contributed by atoms with E-state index in [1.54, 1.807) is 6.07 Å². The minimum Gasteiger partial charge on any atom is -0.484 e. The zero-order valence-corrected chi connectivity index (χ0v) is 17.2. The summed E-state index contributed by atoms with van der Waals surface area (Å²) >= 11 is 0. The number of nitrogens with one attached hydrogen (secondary N) is 2. The van der Waals surface area contributed by atoms with Gasteiger partial charge in [-0.25, -0.2) is 0 Å². The normalized spacial score (nSPS) is 11.5. The quantitative estimate of drug-likeness (QED) is 0.555. The van der Waals surface area contributed by atoms with Crippen molar-refractivity contribution in [3.05, 3.63) is 72.3 Å². The van der Waals surface area contributed by atoms with Gasteiger partial charge >= 0.3 is 0 Å². The molecule has 6 nitrogen and oxygen atoms in total. The fraction of sp³-hybridized carbons (Fsp3) is 0.250. The number of hydrogen-bond acceptors (Lipinski definition) is 4. The molecule has 1 unspecified atom stereocenters. The molecule has 6 heteroatoms. The Bertz CT molecular complexity index is 1020. The number of benzene rings is 3. The lowest BCUT2D eigenvalue weighted by molar-refractivity contribution is -0.131. The molecular formula is C24H26N2O4. The zero-order valence-electron chi connectivity index (χ0n) is 17.2. The van der Waals surface area contributed by atoms with E-state index in [-0.39, 0.29) is 13.2 Å². The van der Waals surface area contributed by atoms with Gasteiger partial charge in [-0.15, -0.1) is 0 Å². The Morgan fingerprint density at radius 3 is 2.20 bits per heavy atom. The first-order chi connectivity index (χ1) is 14.6. The van der Waals surface area contributed by atoms with Gasteiger partial charge in [-0.1, -0.05) is 62.4 Å². The Labute approximate surface area is 176 Å². The fourth-order valence-corrected chi connectivity index (χ4v) is 3.00. The van der Waals surface area contributed by atoms with Gasteiger partial charge < -0.3 is 9.47 Å². The monoisotopic (exact) mass is 406 g/mol. The molecule has 3 rings (SSSR count). The first-order valence-electron chi connectivity index (χ1n) is 9.98. The van der Waals surface area contributed by atoms with E-state index < -0.39 is 11.8 Å². The second-order valence-electron chi connectivity index (χ2n) is 7.03. The highest BCUT2D eigenvalue weighted by atomic mass is 16.5. The SMILES string of the molecule is CCC(C)c1ccccc1OCC(=O)NNC(=O)COc1ccc2ccccc2c1. The van der Waals surface area contributed by atoms with E-state index in [4.69, 9.17) is 9.47 Å². The summed E-state index contributed by atoms with van der Waals surface area (Å²) in [6.07, 6.45) is 0.972. The number of carbonyl (C=O) groups is 2. The second kappa shape index (κ2) is 10.3. The van der Waals surface area contributed by atoms with Gasteiger partial charge in [-0.2, -0.15) is 0 Å². The molecule has 0 heterocycles. The molecule has 0 bridgehead atoms. The molecular weight excluding hydrogens is 380 g/mol. The van der Waals surface area contributed by atoms with E-state index in [9.17, 15) is 9.59 Å². The van der Waals surface area contributed by atoms with Gasteiger partial charge in [-0.3, -0.25) is 20.4 Å². The van der Waals surface area contributed by atoms with Crippen LogP contribution in [0.2, 0.25) is 0 Å². The van der Waals surface area contributed by atoms with Crippen LogP contribution < -0.4 is 20.3 Å². The van der Waals surface area contributed by atoms with Crippen molar-refractivity contribution in [3.8, 4) is 11.5 Å². The molecule has 0 spiro atoms. The lowest BCUT2D eigenvalue weighted by atomic mass is 9.98. The van der Waals surface area contributed by atoms with E-state index in [0.29, 0.717) is 17.4 Å². The average Bonchev–Trinajstić information content (AvgIpc) is 2.79. The van der Waals surface area contributed by atoms with Gasteiger partial charge in [0.05, 0.1) is 0 Å². The number of hydrazine groups is 1. The summed E-state index contributed by atoms with van der Waals surface area (Å²) in [7, 11) is 0. The summed E-state index contributed by atoms with van der Waals surface area (Å²) in [4.78, 5) is 23.9. The van der Waals surface area contributed by atoms with E-state index in [1.165, 1.54) is 0 Å². The molecule has 2 amide bonds. The maximum Gasteiger partial charge on any atom is 0.276 e. The van der Waals surface area contributed by atoms with Gasteiger partial charge in [0.25, 0.3) is 11.8 Å². The summed E-state index contributed by atoms with van der Waals surface area (Å²) in [5.74, 6) is 0.675. The van der Waals surface area contributed by atoms with E-state index >= 15 is 0 Å². The van der Waals surface area contributed by atoms with Crippen molar-refractivity contribution < 1.29 is 19.1 Å². The highest BCUT2D eigenvalue weighted by Crippen LogP contribution is 2.28. The maximum atomic E-state index is 12.0. The van der Waals surface area contributed by atoms with Gasteiger partial charge in [-0.05, 0) is 46.9 Å². The van der Waals surface area contributed by atoms with Crippen LogP contribution in [0.5, 0.6) is 11.5 Å². The van der Waals surface area contributed by atoms with Crippen molar-refractivity contribution >= 4 is 22.6 Å². The van der Waals surface area contributed by atoms with E-state index in [1.807, 2.05) is 60.7 Å². The second-order valence-corrected chi connectivity index (χ2v) is 7.03. The van der Waals surface area contributed by atoms with Crippen molar-refractivity contribution in [1.82, 2.24) is 10.9 Å².